The standard InChI is InChI=1S/C16H16F4N4O/c1-23-4-8-6-24(7-9(8)5-23)15(25)14-21-12-2-10(16(18,19)20)11(17)3-13(12)22-14/h2-3,8-9H,4-7H2,1H3,(H,21,22)/t8-,9?/m0/s1. The number of likely N-dealkylation sites (tertiary alicyclic amines) is 2. The number of amides is 1. The highest BCUT2D eigenvalue weighted by molar-refractivity contribution is 5.94. The third-order valence-corrected chi connectivity index (χ3v) is 5.03. The Morgan fingerprint density at radius 3 is 2.44 bits per heavy atom. The molecule has 1 aromatic carbocycles. The molecule has 2 fully saturated rings. The third-order valence-electron chi connectivity index (χ3n) is 5.03. The van der Waals surface area contributed by atoms with Gasteiger partial charge in [-0.2, -0.15) is 13.2 Å². The lowest BCUT2D eigenvalue weighted by Crippen LogP contribution is -2.32. The Hall–Kier alpha value is -2.16. The summed E-state index contributed by atoms with van der Waals surface area (Å²) >= 11 is 0. The van der Waals surface area contributed by atoms with E-state index in [9.17, 15) is 22.4 Å². The van der Waals surface area contributed by atoms with Gasteiger partial charge in [-0.1, -0.05) is 0 Å². The van der Waals surface area contributed by atoms with Gasteiger partial charge >= 0.3 is 6.18 Å². The van der Waals surface area contributed by atoms with E-state index < -0.39 is 17.6 Å². The van der Waals surface area contributed by atoms with Gasteiger partial charge in [-0.15, -0.1) is 0 Å². The van der Waals surface area contributed by atoms with Crippen LogP contribution in [0, 0.1) is 17.7 Å². The van der Waals surface area contributed by atoms with E-state index in [2.05, 4.69) is 14.9 Å². The SMILES string of the molecule is CN1CC2CN(C(=O)c3nc4cc(F)c(C(F)(F)F)cc4[nH]3)C[C@@H]2C1. The number of imidazole rings is 1. The van der Waals surface area contributed by atoms with Gasteiger partial charge in [0, 0.05) is 32.2 Å². The fourth-order valence-electron chi connectivity index (χ4n) is 3.89. The predicted molar refractivity (Wildman–Crippen MR) is 81.4 cm³/mol. The Labute approximate surface area is 140 Å². The van der Waals surface area contributed by atoms with E-state index in [0.29, 0.717) is 37.1 Å². The molecule has 1 unspecified atom stereocenters. The first kappa shape index (κ1) is 16.3. The maximum atomic E-state index is 13.6. The predicted octanol–water partition coefficient (Wildman–Crippen LogP) is 2.35. The molecule has 0 aliphatic carbocycles. The molecule has 0 radical (unpaired) electrons. The smallest absolute Gasteiger partial charge is 0.335 e. The fraction of sp³-hybridized carbons (Fsp3) is 0.500. The minimum Gasteiger partial charge on any atom is -0.335 e. The number of rotatable bonds is 1. The first-order chi connectivity index (χ1) is 11.7. The van der Waals surface area contributed by atoms with Gasteiger partial charge in [0.05, 0.1) is 16.6 Å². The van der Waals surface area contributed by atoms with E-state index in [0.717, 1.165) is 13.1 Å². The average Bonchev–Trinajstić information content (AvgIpc) is 3.16. The van der Waals surface area contributed by atoms with Crippen LogP contribution in [0.3, 0.4) is 0 Å². The Morgan fingerprint density at radius 1 is 1.20 bits per heavy atom. The summed E-state index contributed by atoms with van der Waals surface area (Å²) in [5, 5.41) is 0. The molecule has 1 amide bonds. The average molecular weight is 356 g/mol. The fourth-order valence-corrected chi connectivity index (χ4v) is 3.89. The highest BCUT2D eigenvalue weighted by Gasteiger charge is 2.41. The summed E-state index contributed by atoms with van der Waals surface area (Å²) in [6.45, 7) is 3.06. The summed E-state index contributed by atoms with van der Waals surface area (Å²) in [5.74, 6) is -0.992. The van der Waals surface area contributed by atoms with Gasteiger partial charge in [-0.3, -0.25) is 4.79 Å². The molecule has 25 heavy (non-hydrogen) atoms. The second-order valence-electron chi connectivity index (χ2n) is 6.88. The van der Waals surface area contributed by atoms with Crippen molar-refractivity contribution >= 4 is 16.9 Å². The zero-order chi connectivity index (χ0) is 17.9. The van der Waals surface area contributed by atoms with E-state index in [4.69, 9.17) is 0 Å². The molecule has 2 aliphatic heterocycles. The molecule has 2 aromatic rings. The summed E-state index contributed by atoms with van der Waals surface area (Å²) in [5.41, 5.74) is -1.37. The second kappa shape index (κ2) is 5.42. The highest BCUT2D eigenvalue weighted by Crippen LogP contribution is 2.34. The van der Waals surface area contributed by atoms with Crippen molar-refractivity contribution in [3.63, 3.8) is 0 Å². The van der Waals surface area contributed by atoms with Crippen molar-refractivity contribution in [3.8, 4) is 0 Å². The molecule has 1 N–H and O–H groups in total. The van der Waals surface area contributed by atoms with Crippen LogP contribution in [-0.4, -0.2) is 58.9 Å². The monoisotopic (exact) mass is 356 g/mol. The number of benzene rings is 1. The van der Waals surface area contributed by atoms with Gasteiger partial charge in [0.2, 0.25) is 0 Å². The largest absolute Gasteiger partial charge is 0.419 e. The van der Waals surface area contributed by atoms with Gasteiger partial charge in [0.25, 0.3) is 5.91 Å². The maximum absolute atomic E-state index is 13.6. The number of H-pyrrole nitrogens is 1. The zero-order valence-electron chi connectivity index (χ0n) is 13.4. The van der Waals surface area contributed by atoms with Gasteiger partial charge < -0.3 is 14.8 Å². The number of hydrogen-bond acceptors (Lipinski definition) is 3. The van der Waals surface area contributed by atoms with Crippen molar-refractivity contribution in [2.75, 3.05) is 33.2 Å². The molecular weight excluding hydrogens is 340 g/mol. The van der Waals surface area contributed by atoms with Crippen LogP contribution in [-0.2, 0) is 6.18 Å². The molecule has 0 saturated carbocycles. The number of halogens is 4. The molecule has 0 bridgehead atoms. The van der Waals surface area contributed by atoms with E-state index >= 15 is 0 Å². The van der Waals surface area contributed by atoms with Crippen LogP contribution in [0.4, 0.5) is 17.6 Å². The van der Waals surface area contributed by atoms with E-state index in [1.807, 2.05) is 7.05 Å². The summed E-state index contributed by atoms with van der Waals surface area (Å²) in [6, 6.07) is 1.36. The molecule has 5 nitrogen and oxygen atoms in total. The van der Waals surface area contributed by atoms with Crippen LogP contribution in [0.15, 0.2) is 12.1 Å². The van der Waals surface area contributed by atoms with Crippen LogP contribution >= 0.6 is 0 Å². The third kappa shape index (κ3) is 2.76. The first-order valence-electron chi connectivity index (χ1n) is 7.96. The van der Waals surface area contributed by atoms with Gasteiger partial charge in [0.15, 0.2) is 5.82 Å². The molecular formula is C16H16F4N4O. The summed E-state index contributed by atoms with van der Waals surface area (Å²) in [6.07, 6.45) is -4.80. The molecule has 2 saturated heterocycles. The normalized spacial score (nSPS) is 24.3. The van der Waals surface area contributed by atoms with Crippen molar-refractivity contribution in [3.05, 3.63) is 29.3 Å². The van der Waals surface area contributed by atoms with Crippen LogP contribution in [0.5, 0.6) is 0 Å². The number of alkyl halides is 3. The molecule has 1 aromatic heterocycles. The Morgan fingerprint density at radius 2 is 1.84 bits per heavy atom. The minimum absolute atomic E-state index is 0.00352. The summed E-state index contributed by atoms with van der Waals surface area (Å²) < 4.78 is 52.0. The summed E-state index contributed by atoms with van der Waals surface area (Å²) in [4.78, 5) is 23.1. The molecule has 4 rings (SSSR count). The number of carbonyl (C=O) groups excluding carboxylic acids is 1. The maximum Gasteiger partial charge on any atom is 0.419 e. The second-order valence-corrected chi connectivity index (χ2v) is 6.88. The van der Waals surface area contributed by atoms with E-state index in [1.165, 1.54) is 0 Å². The first-order valence-corrected chi connectivity index (χ1v) is 7.96. The van der Waals surface area contributed by atoms with Crippen molar-refractivity contribution in [1.82, 2.24) is 19.8 Å². The zero-order valence-corrected chi connectivity index (χ0v) is 13.4. The molecule has 2 aliphatic rings. The van der Waals surface area contributed by atoms with Crippen molar-refractivity contribution in [1.29, 1.82) is 0 Å². The van der Waals surface area contributed by atoms with Gasteiger partial charge in [-0.25, -0.2) is 9.37 Å². The van der Waals surface area contributed by atoms with Crippen LogP contribution in [0.25, 0.3) is 11.0 Å². The molecule has 3 heterocycles. The number of nitrogens with zero attached hydrogens (tertiary/aromatic N) is 3. The number of aromatic amines is 1. The Balaban J connectivity index is 1.61. The Kier molecular flexibility index (Phi) is 3.54. The molecule has 134 valence electrons. The van der Waals surface area contributed by atoms with Gasteiger partial charge in [0.1, 0.15) is 5.82 Å². The van der Waals surface area contributed by atoms with Crippen LogP contribution in [0.1, 0.15) is 16.2 Å². The summed E-state index contributed by atoms with van der Waals surface area (Å²) in [7, 11) is 2.04. The molecule has 0 spiro atoms. The van der Waals surface area contributed by atoms with E-state index in [-0.39, 0.29) is 22.8 Å². The lowest BCUT2D eigenvalue weighted by molar-refractivity contribution is -0.139. The highest BCUT2D eigenvalue weighted by atomic mass is 19.4. The van der Waals surface area contributed by atoms with Crippen LogP contribution in [0.2, 0.25) is 0 Å². The topological polar surface area (TPSA) is 52.2 Å². The van der Waals surface area contributed by atoms with Crippen molar-refractivity contribution < 1.29 is 22.4 Å². The molecule has 9 heteroatoms. The Bertz CT molecular complexity index is 833. The van der Waals surface area contributed by atoms with Crippen LogP contribution < -0.4 is 0 Å². The number of aromatic nitrogens is 2. The number of carbonyl (C=O) groups is 1. The quantitative estimate of drug-likeness (QED) is 0.798. The number of fused-ring (bicyclic) bond motifs is 2. The van der Waals surface area contributed by atoms with Gasteiger partial charge in [-0.05, 0) is 24.9 Å². The molecule has 2 atom stereocenters. The van der Waals surface area contributed by atoms with E-state index in [1.54, 1.807) is 4.90 Å². The number of nitrogens with one attached hydrogen (secondary N) is 1. The number of hydrogen-bond donors (Lipinski definition) is 1. The van der Waals surface area contributed by atoms with Crippen molar-refractivity contribution in [2.24, 2.45) is 11.8 Å². The van der Waals surface area contributed by atoms with Crippen molar-refractivity contribution in [2.45, 2.75) is 6.18 Å². The minimum atomic E-state index is -4.80. The lowest BCUT2D eigenvalue weighted by atomic mass is 10.0. The lowest BCUT2D eigenvalue weighted by Gasteiger charge is -2.18.